The van der Waals surface area contributed by atoms with Gasteiger partial charge in [0, 0.05) is 0 Å². The fraction of sp³-hybridized carbons (Fsp3) is 1.00. The van der Waals surface area contributed by atoms with Crippen molar-refractivity contribution in [3.63, 3.8) is 0 Å². The molecule has 0 radical (unpaired) electrons. The summed E-state index contributed by atoms with van der Waals surface area (Å²) in [6.45, 7) is 9.61. The Morgan fingerprint density at radius 1 is 0.462 bits per heavy atom. The van der Waals surface area contributed by atoms with Crippen molar-refractivity contribution in [3.05, 3.63) is 0 Å². The molecule has 0 amide bonds. The van der Waals surface area contributed by atoms with Crippen LogP contribution in [0.5, 0.6) is 0 Å². The van der Waals surface area contributed by atoms with Gasteiger partial charge in [0.2, 0.25) is 0 Å². The van der Waals surface area contributed by atoms with Crippen LogP contribution in [0.25, 0.3) is 0 Å². The normalized spacial score (nSPS) is 12.5. The Kier molecular flexibility index (Phi) is 22.3. The third-order valence-corrected chi connectivity index (χ3v) is 10.7. The minimum atomic E-state index is -0.504. The Hall–Kier alpha value is 0.532. The van der Waals surface area contributed by atoms with Gasteiger partial charge >= 0.3 is 0 Å². The molecule has 0 aliphatic heterocycles. The zero-order valence-electron chi connectivity index (χ0n) is 19.3. The maximum absolute atomic E-state index is 2.63. The van der Waals surface area contributed by atoms with Gasteiger partial charge in [0.15, 0.2) is 0 Å². The predicted octanol–water partition coefficient (Wildman–Crippen LogP) is 9.95. The van der Waals surface area contributed by atoms with Crippen molar-refractivity contribution >= 4 is 14.1 Å². The molecular formula is C25H53Al. The maximum atomic E-state index is 2.63. The highest BCUT2D eigenvalue weighted by Crippen LogP contribution is 2.28. The second-order valence-corrected chi connectivity index (χ2v) is 12.9. The van der Waals surface area contributed by atoms with Gasteiger partial charge in [0.1, 0.15) is 0 Å². The van der Waals surface area contributed by atoms with Crippen molar-refractivity contribution in [2.24, 2.45) is 0 Å². The molecule has 0 saturated heterocycles. The second kappa shape index (κ2) is 21.8. The summed E-state index contributed by atoms with van der Waals surface area (Å²) in [5, 5.41) is 3.30. The van der Waals surface area contributed by atoms with Gasteiger partial charge in [-0.3, -0.25) is 0 Å². The van der Waals surface area contributed by atoms with E-state index < -0.39 is 14.1 Å². The number of rotatable bonds is 21. The van der Waals surface area contributed by atoms with Crippen molar-refractivity contribution in [3.8, 4) is 0 Å². The Balaban J connectivity index is 4.00. The van der Waals surface area contributed by atoms with Gasteiger partial charge in [-0.25, -0.2) is 0 Å². The number of unbranched alkanes of at least 4 members (excludes halogenated alkanes) is 14. The molecule has 0 fully saturated rings. The van der Waals surface area contributed by atoms with Gasteiger partial charge in [-0.1, -0.05) is 159 Å². The van der Waals surface area contributed by atoms with E-state index in [-0.39, 0.29) is 0 Å². The quantitative estimate of drug-likeness (QED) is 0.137. The molecule has 1 unspecified atom stereocenters. The van der Waals surface area contributed by atoms with Crippen LogP contribution in [-0.4, -0.2) is 14.1 Å². The molecule has 26 heavy (non-hydrogen) atoms. The molecule has 0 aromatic heterocycles. The van der Waals surface area contributed by atoms with Crippen molar-refractivity contribution in [1.82, 2.24) is 0 Å². The van der Waals surface area contributed by atoms with Crippen LogP contribution in [0.15, 0.2) is 0 Å². The standard InChI is InChI=1S/C9H19.2C8H17.Al/c1-3-5-7-9-8-6-4-2;2*1-3-5-7-8-6-4-2;/h3H,4-9H2,1-2H3;2*1,3-8H2,2H3;. The Labute approximate surface area is 172 Å². The van der Waals surface area contributed by atoms with Gasteiger partial charge in [-0.05, 0) is 0 Å². The van der Waals surface area contributed by atoms with Crippen molar-refractivity contribution < 1.29 is 0 Å². The lowest BCUT2D eigenvalue weighted by atomic mass is 10.1. The highest BCUT2D eigenvalue weighted by molar-refractivity contribution is 6.60. The summed E-state index contributed by atoms with van der Waals surface area (Å²) >= 11 is -0.504. The largest absolute Gasteiger partial charge is 0.265 e. The Morgan fingerprint density at radius 2 is 0.808 bits per heavy atom. The maximum Gasteiger partial charge on any atom is 0.265 e. The second-order valence-electron chi connectivity index (χ2n) is 9.05. The first-order chi connectivity index (χ1) is 12.8. The molecule has 0 heterocycles. The molecule has 0 aromatic carbocycles. The van der Waals surface area contributed by atoms with E-state index in [0.29, 0.717) is 0 Å². The van der Waals surface area contributed by atoms with E-state index in [1.54, 1.807) is 29.8 Å². The first kappa shape index (κ1) is 26.5. The summed E-state index contributed by atoms with van der Waals surface area (Å²) in [7, 11) is 0. The molecule has 0 saturated carbocycles. The predicted molar refractivity (Wildman–Crippen MR) is 125 cm³/mol. The van der Waals surface area contributed by atoms with Gasteiger partial charge in [0.25, 0.3) is 14.1 Å². The topological polar surface area (TPSA) is 0 Å². The van der Waals surface area contributed by atoms with Crippen LogP contribution in [-0.2, 0) is 0 Å². The summed E-state index contributed by atoms with van der Waals surface area (Å²) in [6.07, 6.45) is 26.6. The first-order valence-electron chi connectivity index (χ1n) is 12.8. The van der Waals surface area contributed by atoms with E-state index >= 15 is 0 Å². The van der Waals surface area contributed by atoms with Crippen LogP contribution in [0.2, 0.25) is 15.3 Å². The van der Waals surface area contributed by atoms with E-state index in [9.17, 15) is 0 Å². The van der Waals surface area contributed by atoms with E-state index in [4.69, 9.17) is 0 Å². The molecule has 0 N–H and O–H groups in total. The van der Waals surface area contributed by atoms with E-state index in [2.05, 4.69) is 27.7 Å². The zero-order chi connectivity index (χ0) is 19.3. The lowest BCUT2D eigenvalue weighted by Gasteiger charge is -2.20. The molecule has 0 aliphatic carbocycles. The minimum absolute atomic E-state index is 0.504. The van der Waals surface area contributed by atoms with Gasteiger partial charge in [-0.15, -0.1) is 0 Å². The number of hydrogen-bond donors (Lipinski definition) is 0. The summed E-state index contributed by atoms with van der Waals surface area (Å²) in [6, 6.07) is 0. The van der Waals surface area contributed by atoms with Crippen LogP contribution in [0, 0.1) is 0 Å². The Morgan fingerprint density at radius 3 is 1.23 bits per heavy atom. The molecule has 0 spiro atoms. The average molecular weight is 381 g/mol. The molecule has 1 heteroatoms. The van der Waals surface area contributed by atoms with Crippen LogP contribution in [0.4, 0.5) is 0 Å². The monoisotopic (exact) mass is 380 g/mol. The minimum Gasteiger partial charge on any atom is -0.0937 e. The van der Waals surface area contributed by atoms with E-state index in [0.717, 1.165) is 4.78 Å². The number of hydrogen-bond acceptors (Lipinski definition) is 0. The van der Waals surface area contributed by atoms with Gasteiger partial charge < -0.3 is 0 Å². The zero-order valence-corrected chi connectivity index (χ0v) is 20.5. The SMILES string of the molecule is CCCCCCC[CH2][Al]([CH2]CCCCCCC)[CH](C)CCCCCCC. The highest BCUT2D eigenvalue weighted by atomic mass is 27.2. The van der Waals surface area contributed by atoms with Gasteiger partial charge in [-0.2, -0.15) is 0 Å². The molecular weight excluding hydrogens is 327 g/mol. The smallest absolute Gasteiger partial charge is 0.0937 e. The average Bonchev–Trinajstić information content (AvgIpc) is 2.65. The summed E-state index contributed by atoms with van der Waals surface area (Å²) in [5.41, 5.74) is 0. The lowest BCUT2D eigenvalue weighted by molar-refractivity contribution is 0.589. The first-order valence-corrected chi connectivity index (χ1v) is 15.1. The molecule has 1 atom stereocenters. The van der Waals surface area contributed by atoms with E-state index in [1.807, 2.05) is 0 Å². The van der Waals surface area contributed by atoms with Crippen molar-refractivity contribution in [2.45, 2.75) is 159 Å². The summed E-state index contributed by atoms with van der Waals surface area (Å²) < 4.78 is 1.10. The fourth-order valence-electron chi connectivity index (χ4n) is 4.39. The van der Waals surface area contributed by atoms with Crippen molar-refractivity contribution in [1.29, 1.82) is 0 Å². The van der Waals surface area contributed by atoms with Crippen LogP contribution < -0.4 is 0 Å². The third kappa shape index (κ3) is 17.9. The third-order valence-electron chi connectivity index (χ3n) is 6.42. The summed E-state index contributed by atoms with van der Waals surface area (Å²) in [4.78, 5) is 0. The van der Waals surface area contributed by atoms with E-state index in [1.165, 1.54) is 96.3 Å². The van der Waals surface area contributed by atoms with Crippen LogP contribution in [0.1, 0.15) is 143 Å². The highest BCUT2D eigenvalue weighted by Gasteiger charge is 2.23. The summed E-state index contributed by atoms with van der Waals surface area (Å²) in [5.74, 6) is 0. The lowest BCUT2D eigenvalue weighted by Crippen LogP contribution is -2.18. The van der Waals surface area contributed by atoms with Gasteiger partial charge in [0.05, 0.1) is 0 Å². The molecule has 156 valence electrons. The molecule has 0 aliphatic rings. The Bertz CT molecular complexity index is 235. The van der Waals surface area contributed by atoms with Crippen LogP contribution in [0.3, 0.4) is 0 Å². The molecule has 0 bridgehead atoms. The molecule has 0 aromatic rings. The molecule has 0 rings (SSSR count). The van der Waals surface area contributed by atoms with Crippen LogP contribution >= 0.6 is 0 Å². The molecule has 0 nitrogen and oxygen atoms in total. The fourth-order valence-corrected chi connectivity index (χ4v) is 8.15. The van der Waals surface area contributed by atoms with Crippen molar-refractivity contribution in [2.75, 3.05) is 0 Å².